The molecule has 2 heteroatoms. The maximum Gasteiger partial charge on any atom is 0.220 e. The van der Waals surface area contributed by atoms with Gasteiger partial charge in [-0.25, -0.2) is 4.57 Å². The number of pyridine rings is 1. The van der Waals surface area contributed by atoms with Crippen molar-refractivity contribution in [1.29, 1.82) is 0 Å². The topological polar surface area (TPSA) is 3.88 Å². The van der Waals surface area contributed by atoms with Crippen LogP contribution >= 0.6 is 0 Å². The lowest BCUT2D eigenvalue weighted by Crippen LogP contribution is -2.37. The van der Waals surface area contributed by atoms with Crippen LogP contribution in [0.5, 0.6) is 0 Å². The van der Waals surface area contributed by atoms with Crippen molar-refractivity contribution in [2.75, 3.05) is 0 Å². The van der Waals surface area contributed by atoms with E-state index in [0.29, 0.717) is 11.8 Å². The Morgan fingerprint density at radius 2 is 1.54 bits per heavy atom. The van der Waals surface area contributed by atoms with E-state index in [-0.39, 0.29) is 0 Å². The predicted molar refractivity (Wildman–Crippen MR) is 126 cm³/mol. The highest BCUT2D eigenvalue weighted by Crippen LogP contribution is 2.35. The lowest BCUT2D eigenvalue weighted by molar-refractivity contribution is -0.659. The Bertz CT molecular complexity index is 1020. The Morgan fingerprint density at radius 1 is 0.857 bits per heavy atom. The van der Waals surface area contributed by atoms with Crippen LogP contribution in [0.1, 0.15) is 56.2 Å². The van der Waals surface area contributed by atoms with Gasteiger partial charge in [-0.05, 0) is 53.0 Å². The third-order valence-corrected chi connectivity index (χ3v) is 8.06. The van der Waals surface area contributed by atoms with Gasteiger partial charge >= 0.3 is 0 Å². The molecule has 0 aliphatic heterocycles. The van der Waals surface area contributed by atoms with Gasteiger partial charge in [0.15, 0.2) is 6.20 Å². The van der Waals surface area contributed by atoms with Crippen molar-refractivity contribution in [2.24, 2.45) is 7.05 Å². The van der Waals surface area contributed by atoms with Crippen LogP contribution in [0.2, 0.25) is 19.6 Å². The molecule has 1 aromatic heterocycles. The molecular formula is C26H36NSi+. The second kappa shape index (κ2) is 7.48. The van der Waals surface area contributed by atoms with Crippen LogP contribution in [0, 0.1) is 6.92 Å². The molecule has 1 nitrogen and oxygen atoms in total. The van der Waals surface area contributed by atoms with Crippen molar-refractivity contribution in [3.8, 4) is 11.3 Å². The molecule has 0 radical (unpaired) electrons. The normalized spacial score (nSPS) is 12.4. The molecule has 0 spiro atoms. The molecule has 0 bridgehead atoms. The molecule has 0 saturated carbocycles. The smallest absolute Gasteiger partial charge is 0.200 e. The largest absolute Gasteiger partial charge is 0.220 e. The third kappa shape index (κ3) is 3.80. The number of fused-ring (bicyclic) bond motifs is 1. The van der Waals surface area contributed by atoms with Crippen molar-refractivity contribution in [1.82, 2.24) is 0 Å². The highest BCUT2D eigenvalue weighted by atomic mass is 28.3. The molecule has 3 rings (SSSR count). The van der Waals surface area contributed by atoms with Crippen LogP contribution in [-0.2, 0) is 7.05 Å². The average Bonchev–Trinajstić information content (AvgIpc) is 2.60. The number of nitrogens with zero attached hydrogens (tertiary/aromatic N) is 1. The van der Waals surface area contributed by atoms with Crippen LogP contribution in [-0.4, -0.2) is 8.07 Å². The summed E-state index contributed by atoms with van der Waals surface area (Å²) in [6.07, 6.45) is 2.22. The summed E-state index contributed by atoms with van der Waals surface area (Å²) in [5.41, 5.74) is 7.03. The van der Waals surface area contributed by atoms with Crippen LogP contribution in [0.25, 0.3) is 22.0 Å². The van der Waals surface area contributed by atoms with E-state index in [9.17, 15) is 0 Å². The van der Waals surface area contributed by atoms with Crippen molar-refractivity contribution < 1.29 is 4.57 Å². The first-order chi connectivity index (χ1) is 13.0. The van der Waals surface area contributed by atoms with Gasteiger partial charge in [0.25, 0.3) is 0 Å². The van der Waals surface area contributed by atoms with Gasteiger partial charge in [-0.15, -0.1) is 0 Å². The molecule has 0 unspecified atom stereocenters. The Kier molecular flexibility index (Phi) is 5.55. The first-order valence-corrected chi connectivity index (χ1v) is 14.1. The molecule has 1 heterocycles. The fourth-order valence-corrected chi connectivity index (χ4v) is 5.29. The SMILES string of the molecule is Cc1c(-c2c3ccc([Si](C)(C)C)cc3cc[n+]2C)cc(C(C)C)cc1C(C)C. The van der Waals surface area contributed by atoms with E-state index in [1.807, 2.05) is 0 Å². The molecule has 2 aromatic carbocycles. The zero-order valence-corrected chi connectivity index (χ0v) is 20.1. The summed E-state index contributed by atoms with van der Waals surface area (Å²) >= 11 is 0. The van der Waals surface area contributed by atoms with Crippen molar-refractivity contribution in [3.63, 3.8) is 0 Å². The van der Waals surface area contributed by atoms with E-state index in [0.717, 1.165) is 0 Å². The minimum atomic E-state index is -1.33. The minimum absolute atomic E-state index is 0.524. The maximum atomic E-state index is 2.43. The summed E-state index contributed by atoms with van der Waals surface area (Å²) in [5.74, 6) is 1.05. The molecule has 0 saturated heterocycles. The van der Waals surface area contributed by atoms with Crippen LogP contribution in [0.15, 0.2) is 42.6 Å². The quantitative estimate of drug-likeness (QED) is 0.357. The number of aromatic nitrogens is 1. The fourth-order valence-electron chi connectivity index (χ4n) is 4.11. The molecule has 3 aromatic rings. The average molecular weight is 391 g/mol. The van der Waals surface area contributed by atoms with Crippen LogP contribution in [0.3, 0.4) is 0 Å². The molecule has 0 aliphatic carbocycles. The van der Waals surface area contributed by atoms with E-state index in [4.69, 9.17) is 0 Å². The Labute approximate surface area is 172 Å². The molecular weight excluding hydrogens is 354 g/mol. The second-order valence-electron chi connectivity index (χ2n) is 9.92. The molecule has 0 fully saturated rings. The molecule has 0 N–H and O–H groups in total. The van der Waals surface area contributed by atoms with Crippen LogP contribution in [0.4, 0.5) is 0 Å². The van der Waals surface area contributed by atoms with Gasteiger partial charge in [0.05, 0.1) is 19.0 Å². The van der Waals surface area contributed by atoms with Gasteiger partial charge in [-0.3, -0.25) is 0 Å². The Morgan fingerprint density at radius 3 is 2.11 bits per heavy atom. The van der Waals surface area contributed by atoms with E-state index < -0.39 is 8.07 Å². The third-order valence-electron chi connectivity index (χ3n) is 6.02. The van der Waals surface area contributed by atoms with Crippen molar-refractivity contribution in [2.45, 2.75) is 66.1 Å². The Balaban J connectivity index is 2.36. The molecule has 0 atom stereocenters. The molecule has 0 amide bonds. The van der Waals surface area contributed by atoms with Gasteiger partial charge in [-0.2, -0.15) is 0 Å². The highest BCUT2D eigenvalue weighted by Gasteiger charge is 2.23. The predicted octanol–water partition coefficient (Wildman–Crippen LogP) is 6.43. The van der Waals surface area contributed by atoms with Gasteiger partial charge in [0, 0.05) is 6.07 Å². The zero-order chi connectivity index (χ0) is 20.8. The van der Waals surface area contributed by atoms with E-state index in [2.05, 4.69) is 108 Å². The number of rotatable bonds is 4. The van der Waals surface area contributed by atoms with Gasteiger partial charge in [0.1, 0.15) is 7.05 Å². The molecule has 28 heavy (non-hydrogen) atoms. The van der Waals surface area contributed by atoms with Gasteiger partial charge < -0.3 is 0 Å². The number of hydrogen-bond acceptors (Lipinski definition) is 0. The van der Waals surface area contributed by atoms with Crippen LogP contribution < -0.4 is 9.75 Å². The maximum absolute atomic E-state index is 2.43. The standard InChI is InChI=1S/C26H36NSi/c1-17(2)21-15-24(18(3)4)19(5)25(16-21)26-23-11-10-22(28(7,8)9)14-20(23)12-13-27(26)6/h10-18H,1-9H3/q+1. The second-order valence-corrected chi connectivity index (χ2v) is 15.0. The van der Waals surface area contributed by atoms with Crippen molar-refractivity contribution >= 4 is 24.0 Å². The first kappa shape index (κ1) is 20.8. The van der Waals surface area contributed by atoms with Crippen molar-refractivity contribution in [3.05, 3.63) is 59.3 Å². The number of benzene rings is 2. The summed E-state index contributed by atoms with van der Waals surface area (Å²) in [7, 11) is 0.852. The Hall–Kier alpha value is -1.93. The van der Waals surface area contributed by atoms with Gasteiger partial charge in [0.2, 0.25) is 5.69 Å². The van der Waals surface area contributed by atoms with Gasteiger partial charge in [-0.1, -0.05) is 70.7 Å². The zero-order valence-electron chi connectivity index (χ0n) is 19.1. The van der Waals surface area contributed by atoms with E-state index in [1.54, 1.807) is 0 Å². The lowest BCUT2D eigenvalue weighted by atomic mass is 9.86. The van der Waals surface area contributed by atoms with E-state index >= 15 is 0 Å². The molecule has 0 aliphatic rings. The summed E-state index contributed by atoms with van der Waals surface area (Å²) in [4.78, 5) is 0. The minimum Gasteiger partial charge on any atom is -0.200 e. The number of aryl methyl sites for hydroxylation is 1. The highest BCUT2D eigenvalue weighted by molar-refractivity contribution is 6.88. The summed E-state index contributed by atoms with van der Waals surface area (Å²) < 4.78 is 2.30. The first-order valence-electron chi connectivity index (χ1n) is 10.6. The molecule has 148 valence electrons. The summed E-state index contributed by atoms with van der Waals surface area (Å²) in [6.45, 7) is 18.8. The number of hydrogen-bond donors (Lipinski definition) is 0. The summed E-state index contributed by atoms with van der Waals surface area (Å²) in [6, 6.07) is 14.3. The van der Waals surface area contributed by atoms with E-state index in [1.165, 1.54) is 43.9 Å². The summed E-state index contributed by atoms with van der Waals surface area (Å²) in [5, 5.41) is 4.23. The monoisotopic (exact) mass is 390 g/mol. The fraction of sp³-hybridized carbons (Fsp3) is 0.423. The lowest BCUT2D eigenvalue weighted by Gasteiger charge is -2.19.